The van der Waals surface area contributed by atoms with Crippen LogP contribution in [0.25, 0.3) is 0 Å². The van der Waals surface area contributed by atoms with Gasteiger partial charge in [0.15, 0.2) is 0 Å². The van der Waals surface area contributed by atoms with Crippen molar-refractivity contribution in [1.82, 2.24) is 10.6 Å². The Morgan fingerprint density at radius 2 is 1.72 bits per heavy atom. The van der Waals surface area contributed by atoms with Crippen LogP contribution in [0.3, 0.4) is 0 Å². The highest BCUT2D eigenvalue weighted by molar-refractivity contribution is 5.95. The molecule has 0 aromatic heterocycles. The maximum atomic E-state index is 12.8. The molecule has 0 saturated carbocycles. The predicted octanol–water partition coefficient (Wildman–Crippen LogP) is 3.34. The van der Waals surface area contributed by atoms with Crippen LogP contribution in [0.15, 0.2) is 53.7 Å². The first kappa shape index (κ1) is 22.9. The third kappa shape index (κ3) is 5.08. The molecule has 1 unspecified atom stereocenters. The summed E-state index contributed by atoms with van der Waals surface area (Å²) in [7, 11) is 1.55. The van der Waals surface area contributed by atoms with Crippen molar-refractivity contribution in [2.45, 2.75) is 26.8 Å². The van der Waals surface area contributed by atoms with Crippen molar-refractivity contribution in [1.29, 1.82) is 0 Å². The van der Waals surface area contributed by atoms with Gasteiger partial charge in [-0.25, -0.2) is 14.4 Å². The minimum Gasteiger partial charge on any atom is -0.497 e. The van der Waals surface area contributed by atoms with Crippen LogP contribution in [0, 0.1) is 13.8 Å². The lowest BCUT2D eigenvalue weighted by Crippen LogP contribution is -2.47. The summed E-state index contributed by atoms with van der Waals surface area (Å²) >= 11 is 0. The Bertz CT molecular complexity index is 1060. The molecule has 0 saturated heterocycles. The first-order valence-electron chi connectivity index (χ1n) is 10.2. The van der Waals surface area contributed by atoms with Gasteiger partial charge in [-0.05, 0) is 50.1 Å². The first-order chi connectivity index (χ1) is 15.3. The summed E-state index contributed by atoms with van der Waals surface area (Å²) in [6.45, 7) is 5.30. The van der Waals surface area contributed by atoms with Crippen molar-refractivity contribution < 1.29 is 28.6 Å². The summed E-state index contributed by atoms with van der Waals surface area (Å²) in [6, 6.07) is 11.0. The van der Waals surface area contributed by atoms with Crippen molar-refractivity contribution >= 4 is 18.0 Å². The Morgan fingerprint density at radius 1 is 1.00 bits per heavy atom. The lowest BCUT2D eigenvalue weighted by atomic mass is 9.95. The molecule has 0 bridgehead atoms. The van der Waals surface area contributed by atoms with Gasteiger partial charge in [-0.3, -0.25) is 0 Å². The Hall–Kier alpha value is -3.81. The van der Waals surface area contributed by atoms with E-state index in [2.05, 4.69) is 10.6 Å². The van der Waals surface area contributed by atoms with Crippen LogP contribution in [-0.4, -0.2) is 38.3 Å². The highest BCUT2D eigenvalue weighted by Crippen LogP contribution is 2.29. The fourth-order valence-electron chi connectivity index (χ4n) is 3.49. The second-order valence-electron chi connectivity index (χ2n) is 7.31. The molecule has 2 aromatic rings. The number of hydrogen-bond donors (Lipinski definition) is 2. The van der Waals surface area contributed by atoms with E-state index in [9.17, 15) is 14.4 Å². The third-order valence-corrected chi connectivity index (χ3v) is 5.05. The molecule has 0 fully saturated rings. The lowest BCUT2D eigenvalue weighted by molar-refractivity contribution is -0.139. The fourth-order valence-corrected chi connectivity index (χ4v) is 3.49. The summed E-state index contributed by atoms with van der Waals surface area (Å²) in [5.74, 6) is -0.524. The Kier molecular flexibility index (Phi) is 7.14. The molecular weight excluding hydrogens is 412 g/mol. The highest BCUT2D eigenvalue weighted by atomic mass is 16.5. The number of rotatable bonds is 7. The van der Waals surface area contributed by atoms with Gasteiger partial charge in [0.25, 0.3) is 0 Å². The molecule has 2 N–H and O–H groups in total. The van der Waals surface area contributed by atoms with Crippen LogP contribution < -0.4 is 15.4 Å². The molecule has 0 spiro atoms. The van der Waals surface area contributed by atoms with E-state index in [4.69, 9.17) is 14.2 Å². The van der Waals surface area contributed by atoms with Gasteiger partial charge in [0.05, 0.1) is 36.6 Å². The summed E-state index contributed by atoms with van der Waals surface area (Å²) in [5, 5.41) is 5.32. The summed E-state index contributed by atoms with van der Waals surface area (Å²) in [5.41, 5.74) is 3.22. The molecule has 1 atom stereocenters. The topological polar surface area (TPSA) is 103 Å². The van der Waals surface area contributed by atoms with Crippen molar-refractivity contribution in [2.75, 3.05) is 20.3 Å². The maximum Gasteiger partial charge on any atom is 0.338 e. The average molecular weight is 438 g/mol. The number of nitrogens with one attached hydrogen (secondary N) is 2. The van der Waals surface area contributed by atoms with Crippen LogP contribution in [0.2, 0.25) is 0 Å². The molecule has 3 rings (SSSR count). The number of hydrogen-bond acceptors (Lipinski definition) is 6. The Morgan fingerprint density at radius 3 is 2.34 bits per heavy atom. The molecule has 0 radical (unpaired) electrons. The standard InChI is InChI=1S/C24H26N2O6/c1-5-31-23(28)20-19(13-32-22(27)18-11-6-14(2)12-15(18)3)25-24(29)26-21(20)16-7-9-17(30-4)10-8-16/h6-12,21H,5,13H2,1-4H3,(H2,25,26,29). The smallest absolute Gasteiger partial charge is 0.338 e. The van der Waals surface area contributed by atoms with Crippen LogP contribution in [0.1, 0.15) is 40.0 Å². The lowest BCUT2D eigenvalue weighted by Gasteiger charge is -2.29. The fraction of sp³-hybridized carbons (Fsp3) is 0.292. The third-order valence-electron chi connectivity index (χ3n) is 5.05. The quantitative estimate of drug-likeness (QED) is 0.643. The molecule has 1 aliphatic rings. The second-order valence-corrected chi connectivity index (χ2v) is 7.31. The zero-order chi connectivity index (χ0) is 23.3. The number of carbonyl (C=O) groups excluding carboxylic acids is 3. The van der Waals surface area contributed by atoms with Gasteiger partial charge in [0, 0.05) is 0 Å². The zero-order valence-corrected chi connectivity index (χ0v) is 18.5. The summed E-state index contributed by atoms with van der Waals surface area (Å²) in [4.78, 5) is 37.8. The van der Waals surface area contributed by atoms with Crippen molar-refractivity contribution in [3.8, 4) is 5.75 Å². The minimum absolute atomic E-state index is 0.154. The van der Waals surface area contributed by atoms with Crippen LogP contribution in [0.5, 0.6) is 5.75 Å². The number of benzene rings is 2. The maximum absolute atomic E-state index is 12.8. The molecule has 8 nitrogen and oxygen atoms in total. The molecule has 32 heavy (non-hydrogen) atoms. The van der Waals surface area contributed by atoms with Gasteiger partial charge in [-0.15, -0.1) is 0 Å². The van der Waals surface area contributed by atoms with Gasteiger partial charge in [-0.1, -0.05) is 29.8 Å². The van der Waals surface area contributed by atoms with Crippen molar-refractivity contribution in [2.24, 2.45) is 0 Å². The molecule has 2 amide bonds. The number of methoxy groups -OCH3 is 1. The Balaban J connectivity index is 1.92. The van der Waals surface area contributed by atoms with E-state index in [1.54, 1.807) is 44.4 Å². The Labute approximate surface area is 186 Å². The number of amides is 2. The minimum atomic E-state index is -0.775. The van der Waals surface area contributed by atoms with Crippen LogP contribution >= 0.6 is 0 Å². The molecular formula is C24H26N2O6. The monoisotopic (exact) mass is 438 g/mol. The molecule has 168 valence electrons. The van der Waals surface area contributed by atoms with Crippen LogP contribution in [-0.2, 0) is 14.3 Å². The van der Waals surface area contributed by atoms with Crippen LogP contribution in [0.4, 0.5) is 4.79 Å². The van der Waals surface area contributed by atoms with Gasteiger partial charge in [0.1, 0.15) is 12.4 Å². The SMILES string of the molecule is CCOC(=O)C1=C(COC(=O)c2ccc(C)cc2C)NC(=O)NC1c1ccc(OC)cc1. The molecule has 1 heterocycles. The average Bonchev–Trinajstić information content (AvgIpc) is 2.77. The number of ether oxygens (including phenoxy) is 3. The largest absolute Gasteiger partial charge is 0.497 e. The number of carbonyl (C=O) groups is 3. The first-order valence-corrected chi connectivity index (χ1v) is 10.2. The number of esters is 2. The molecule has 1 aliphatic heterocycles. The van der Waals surface area contributed by atoms with E-state index < -0.39 is 24.0 Å². The number of urea groups is 1. The normalized spacial score (nSPS) is 15.5. The predicted molar refractivity (Wildman–Crippen MR) is 117 cm³/mol. The van der Waals surface area contributed by atoms with E-state index in [0.29, 0.717) is 16.9 Å². The van der Waals surface area contributed by atoms with Gasteiger partial charge >= 0.3 is 18.0 Å². The van der Waals surface area contributed by atoms with E-state index in [1.807, 2.05) is 26.0 Å². The van der Waals surface area contributed by atoms with E-state index >= 15 is 0 Å². The van der Waals surface area contributed by atoms with Gasteiger partial charge in [0.2, 0.25) is 0 Å². The van der Waals surface area contributed by atoms with Crippen molar-refractivity contribution in [3.63, 3.8) is 0 Å². The van der Waals surface area contributed by atoms with Gasteiger partial charge < -0.3 is 24.8 Å². The van der Waals surface area contributed by atoms with E-state index in [1.165, 1.54) is 0 Å². The van der Waals surface area contributed by atoms with Crippen molar-refractivity contribution in [3.05, 3.63) is 76.0 Å². The molecule has 8 heteroatoms. The molecule has 2 aromatic carbocycles. The zero-order valence-electron chi connectivity index (χ0n) is 18.5. The highest BCUT2D eigenvalue weighted by Gasteiger charge is 2.34. The number of aryl methyl sites for hydroxylation is 2. The second kappa shape index (κ2) is 10.00. The van der Waals surface area contributed by atoms with E-state index in [-0.39, 0.29) is 24.5 Å². The summed E-state index contributed by atoms with van der Waals surface area (Å²) < 4.78 is 15.8. The molecule has 0 aliphatic carbocycles. The summed E-state index contributed by atoms with van der Waals surface area (Å²) in [6.07, 6.45) is 0. The van der Waals surface area contributed by atoms with Gasteiger partial charge in [-0.2, -0.15) is 0 Å². The van der Waals surface area contributed by atoms with E-state index in [0.717, 1.165) is 11.1 Å².